The molecule has 30 heavy (non-hydrogen) atoms. The molecule has 1 aromatic heterocycles. The standard InChI is InChI=1S/C25H34Cl2N2O/c1-2-3-4-5-6-7-8-9-14-28-17-21(30)18-29-24-12-10-19(26)15-22(24)23-16-20(27)11-13-25(23)29/h10-13,15-16,21,28,30H,2-9,14,17-18H2,1H3. The largest absolute Gasteiger partial charge is 0.390 e. The first-order chi connectivity index (χ1) is 14.6. The summed E-state index contributed by atoms with van der Waals surface area (Å²) in [5.41, 5.74) is 2.14. The van der Waals surface area contributed by atoms with Crippen LogP contribution in [0.1, 0.15) is 58.3 Å². The first-order valence-corrected chi connectivity index (χ1v) is 12.1. The second-order valence-corrected chi connectivity index (χ2v) is 9.14. The SMILES string of the molecule is CCCCCCCCCCNCC(O)Cn1c2ccc(Cl)cc2c2cc(Cl)ccc21. The topological polar surface area (TPSA) is 37.2 Å². The summed E-state index contributed by atoms with van der Waals surface area (Å²) in [4.78, 5) is 0. The van der Waals surface area contributed by atoms with Crippen LogP contribution in [0.15, 0.2) is 36.4 Å². The van der Waals surface area contributed by atoms with E-state index in [1.54, 1.807) is 0 Å². The van der Waals surface area contributed by atoms with Gasteiger partial charge in [0.2, 0.25) is 0 Å². The van der Waals surface area contributed by atoms with Crippen LogP contribution in [0.2, 0.25) is 10.0 Å². The van der Waals surface area contributed by atoms with E-state index in [9.17, 15) is 5.11 Å². The monoisotopic (exact) mass is 448 g/mol. The second-order valence-electron chi connectivity index (χ2n) is 8.27. The van der Waals surface area contributed by atoms with Crippen molar-refractivity contribution in [2.24, 2.45) is 0 Å². The Morgan fingerprint density at radius 1 is 0.833 bits per heavy atom. The summed E-state index contributed by atoms with van der Waals surface area (Å²) in [5.74, 6) is 0. The average molecular weight is 449 g/mol. The van der Waals surface area contributed by atoms with Gasteiger partial charge in [-0.15, -0.1) is 0 Å². The molecule has 3 nitrogen and oxygen atoms in total. The fourth-order valence-corrected chi connectivity index (χ4v) is 4.52. The molecule has 2 N–H and O–H groups in total. The summed E-state index contributed by atoms with van der Waals surface area (Å²) < 4.78 is 2.17. The van der Waals surface area contributed by atoms with Crippen molar-refractivity contribution in [1.82, 2.24) is 9.88 Å². The number of halogens is 2. The van der Waals surface area contributed by atoms with Gasteiger partial charge in [-0.05, 0) is 49.4 Å². The molecular weight excluding hydrogens is 415 g/mol. The van der Waals surface area contributed by atoms with Crippen molar-refractivity contribution in [2.45, 2.75) is 70.9 Å². The molecule has 0 radical (unpaired) electrons. The number of aliphatic hydroxyl groups excluding tert-OH is 1. The van der Waals surface area contributed by atoms with Crippen molar-refractivity contribution in [3.8, 4) is 0 Å². The van der Waals surface area contributed by atoms with E-state index in [4.69, 9.17) is 23.2 Å². The van der Waals surface area contributed by atoms with Crippen molar-refractivity contribution < 1.29 is 5.11 Å². The van der Waals surface area contributed by atoms with Crippen molar-refractivity contribution in [3.05, 3.63) is 46.4 Å². The molecule has 0 amide bonds. The molecule has 2 aromatic carbocycles. The van der Waals surface area contributed by atoms with E-state index in [1.807, 2.05) is 36.4 Å². The Morgan fingerprint density at radius 3 is 1.93 bits per heavy atom. The number of hydrogen-bond donors (Lipinski definition) is 2. The summed E-state index contributed by atoms with van der Waals surface area (Å²) in [5, 5.41) is 17.6. The highest BCUT2D eigenvalue weighted by Crippen LogP contribution is 2.33. The molecule has 0 saturated carbocycles. The lowest BCUT2D eigenvalue weighted by Crippen LogP contribution is -2.30. The number of aliphatic hydroxyl groups is 1. The number of hydrogen-bond acceptors (Lipinski definition) is 2. The lowest BCUT2D eigenvalue weighted by atomic mass is 10.1. The second kappa shape index (κ2) is 12.0. The first kappa shape index (κ1) is 23.4. The lowest BCUT2D eigenvalue weighted by Gasteiger charge is -2.15. The van der Waals surface area contributed by atoms with Gasteiger partial charge < -0.3 is 15.0 Å². The van der Waals surface area contributed by atoms with Crippen LogP contribution in [0.3, 0.4) is 0 Å². The minimum atomic E-state index is -0.454. The molecule has 0 fully saturated rings. The van der Waals surface area contributed by atoms with Crippen LogP contribution < -0.4 is 5.32 Å². The maximum atomic E-state index is 10.6. The van der Waals surface area contributed by atoms with Crippen LogP contribution in [-0.4, -0.2) is 28.9 Å². The Morgan fingerprint density at radius 2 is 1.37 bits per heavy atom. The summed E-state index contributed by atoms with van der Waals surface area (Å²) in [6.07, 6.45) is 10.1. The Balaban J connectivity index is 1.50. The van der Waals surface area contributed by atoms with Crippen LogP contribution in [0.25, 0.3) is 21.8 Å². The smallest absolute Gasteiger partial charge is 0.0843 e. The highest BCUT2D eigenvalue weighted by molar-refractivity contribution is 6.33. The zero-order valence-electron chi connectivity index (χ0n) is 18.0. The third-order valence-electron chi connectivity index (χ3n) is 5.77. The number of benzene rings is 2. The van der Waals surface area contributed by atoms with E-state index in [0.29, 0.717) is 23.1 Å². The fraction of sp³-hybridized carbons (Fsp3) is 0.520. The molecule has 1 heterocycles. The number of nitrogens with zero attached hydrogens (tertiary/aromatic N) is 1. The van der Waals surface area contributed by atoms with Gasteiger partial charge in [-0.1, -0.05) is 75.1 Å². The third kappa shape index (κ3) is 6.37. The van der Waals surface area contributed by atoms with E-state index >= 15 is 0 Å². The molecular formula is C25H34Cl2N2O. The van der Waals surface area contributed by atoms with Crippen LogP contribution in [-0.2, 0) is 6.54 Å². The molecule has 0 bridgehead atoms. The predicted octanol–water partition coefficient (Wildman–Crippen LogP) is 7.19. The van der Waals surface area contributed by atoms with Gasteiger partial charge in [0.15, 0.2) is 0 Å². The van der Waals surface area contributed by atoms with Crippen molar-refractivity contribution in [3.63, 3.8) is 0 Å². The zero-order chi connectivity index (χ0) is 21.3. The van der Waals surface area contributed by atoms with Crippen molar-refractivity contribution in [2.75, 3.05) is 13.1 Å². The Labute approximate surface area is 190 Å². The van der Waals surface area contributed by atoms with E-state index in [0.717, 1.165) is 28.4 Å². The summed E-state index contributed by atoms with van der Waals surface area (Å²) >= 11 is 12.4. The van der Waals surface area contributed by atoms with E-state index in [1.165, 1.54) is 51.4 Å². The minimum absolute atomic E-state index is 0.454. The van der Waals surface area contributed by atoms with Crippen LogP contribution in [0, 0.1) is 0 Å². The Bertz CT molecular complexity index is 878. The third-order valence-corrected chi connectivity index (χ3v) is 6.24. The van der Waals surface area contributed by atoms with Gasteiger partial charge in [0.25, 0.3) is 0 Å². The number of rotatable bonds is 13. The predicted molar refractivity (Wildman–Crippen MR) is 131 cm³/mol. The molecule has 3 aromatic rings. The Hall–Kier alpha value is -1.26. The van der Waals surface area contributed by atoms with Gasteiger partial charge in [0, 0.05) is 38.4 Å². The van der Waals surface area contributed by atoms with Gasteiger partial charge in [0.1, 0.15) is 0 Å². The molecule has 0 aliphatic rings. The number of nitrogens with one attached hydrogen (secondary N) is 1. The van der Waals surface area contributed by atoms with Gasteiger partial charge in [-0.3, -0.25) is 0 Å². The molecule has 0 saturated heterocycles. The van der Waals surface area contributed by atoms with E-state index in [-0.39, 0.29) is 0 Å². The maximum absolute atomic E-state index is 10.6. The molecule has 1 unspecified atom stereocenters. The molecule has 0 aliphatic heterocycles. The summed E-state index contributed by atoms with van der Waals surface area (Å²) in [6.45, 7) is 4.35. The quantitative estimate of drug-likeness (QED) is 0.271. The molecule has 3 rings (SSSR count). The minimum Gasteiger partial charge on any atom is -0.390 e. The van der Waals surface area contributed by atoms with Gasteiger partial charge in [-0.25, -0.2) is 0 Å². The first-order valence-electron chi connectivity index (χ1n) is 11.4. The van der Waals surface area contributed by atoms with Crippen molar-refractivity contribution in [1.29, 1.82) is 0 Å². The van der Waals surface area contributed by atoms with Crippen LogP contribution in [0.5, 0.6) is 0 Å². The van der Waals surface area contributed by atoms with Crippen LogP contribution >= 0.6 is 23.2 Å². The molecule has 0 aliphatic carbocycles. The van der Waals surface area contributed by atoms with Gasteiger partial charge in [-0.2, -0.15) is 0 Å². The normalized spacial score (nSPS) is 12.8. The maximum Gasteiger partial charge on any atom is 0.0843 e. The highest BCUT2D eigenvalue weighted by Gasteiger charge is 2.14. The van der Waals surface area contributed by atoms with E-state index < -0.39 is 6.10 Å². The van der Waals surface area contributed by atoms with E-state index in [2.05, 4.69) is 16.8 Å². The van der Waals surface area contributed by atoms with Gasteiger partial charge in [0.05, 0.1) is 12.6 Å². The average Bonchev–Trinajstić information content (AvgIpc) is 3.01. The molecule has 164 valence electrons. The fourth-order valence-electron chi connectivity index (χ4n) is 4.17. The summed E-state index contributed by atoms with van der Waals surface area (Å²) in [6, 6.07) is 11.8. The highest BCUT2D eigenvalue weighted by atomic mass is 35.5. The van der Waals surface area contributed by atoms with Crippen LogP contribution in [0.4, 0.5) is 0 Å². The van der Waals surface area contributed by atoms with Crippen molar-refractivity contribution >= 4 is 45.0 Å². The number of unbranched alkanes of at least 4 members (excludes halogenated alkanes) is 7. The molecule has 1 atom stereocenters. The Kier molecular flexibility index (Phi) is 9.32. The summed E-state index contributed by atoms with van der Waals surface area (Å²) in [7, 11) is 0. The lowest BCUT2D eigenvalue weighted by molar-refractivity contribution is 0.154. The number of fused-ring (bicyclic) bond motifs is 3. The van der Waals surface area contributed by atoms with Gasteiger partial charge >= 0.3 is 0 Å². The molecule has 0 spiro atoms. The number of aromatic nitrogens is 1. The zero-order valence-corrected chi connectivity index (χ0v) is 19.5. The molecule has 5 heteroatoms.